The molecule has 0 aliphatic rings. The molecule has 3 heterocycles. The van der Waals surface area contributed by atoms with Crippen LogP contribution in [0.5, 0.6) is 0 Å². The van der Waals surface area contributed by atoms with Crippen LogP contribution in [0, 0.1) is 0 Å². The Balaban J connectivity index is 1.65. The zero-order valence-electron chi connectivity index (χ0n) is 10.8. The van der Waals surface area contributed by atoms with Gasteiger partial charge < -0.3 is 14.0 Å². The average molecular weight is 289 g/mol. The van der Waals surface area contributed by atoms with Crippen molar-refractivity contribution in [2.24, 2.45) is 0 Å². The van der Waals surface area contributed by atoms with Crippen LogP contribution in [0.2, 0.25) is 0 Å². The number of carboxylic acids is 1. The van der Waals surface area contributed by atoms with Crippen LogP contribution in [0.25, 0.3) is 11.6 Å². The second kappa shape index (κ2) is 5.57. The van der Waals surface area contributed by atoms with Gasteiger partial charge in [0.1, 0.15) is 6.54 Å². The fourth-order valence-electron chi connectivity index (χ4n) is 1.73. The quantitative estimate of drug-likeness (QED) is 0.713. The maximum absolute atomic E-state index is 10.5. The van der Waals surface area contributed by atoms with Crippen molar-refractivity contribution in [3.8, 4) is 11.6 Å². The summed E-state index contributed by atoms with van der Waals surface area (Å²) in [5.41, 5.74) is 0.600. The van der Waals surface area contributed by atoms with Gasteiger partial charge in [-0.05, 0) is 12.1 Å². The van der Waals surface area contributed by atoms with E-state index in [1.165, 1.54) is 10.9 Å². The molecule has 1 N–H and O–H groups in total. The second-order valence-electron chi connectivity index (χ2n) is 4.29. The molecule has 0 radical (unpaired) electrons. The first-order chi connectivity index (χ1) is 10.2. The van der Waals surface area contributed by atoms with Crippen LogP contribution in [-0.2, 0) is 17.8 Å². The third-order valence-electron chi connectivity index (χ3n) is 2.69. The largest absolute Gasteiger partial charge is 0.481 e. The minimum absolute atomic E-state index is 0.0158. The van der Waals surface area contributed by atoms with E-state index >= 15 is 0 Å². The van der Waals surface area contributed by atoms with Gasteiger partial charge in [0.15, 0.2) is 5.76 Å². The number of hydrogen-bond acceptors (Lipinski definition) is 7. The Kier molecular flexibility index (Phi) is 3.46. The summed E-state index contributed by atoms with van der Waals surface area (Å²) in [5.74, 6) is 0.368. The Morgan fingerprint density at radius 2 is 2.33 bits per heavy atom. The third-order valence-corrected chi connectivity index (χ3v) is 2.69. The van der Waals surface area contributed by atoms with Gasteiger partial charge >= 0.3 is 5.97 Å². The maximum Gasteiger partial charge on any atom is 0.303 e. The van der Waals surface area contributed by atoms with E-state index in [4.69, 9.17) is 14.0 Å². The van der Waals surface area contributed by atoms with Gasteiger partial charge in [0, 0.05) is 12.6 Å². The van der Waals surface area contributed by atoms with Crippen molar-refractivity contribution in [2.75, 3.05) is 0 Å². The lowest BCUT2D eigenvalue weighted by atomic mass is 10.2. The van der Waals surface area contributed by atoms with Crippen molar-refractivity contribution < 1.29 is 18.8 Å². The maximum atomic E-state index is 10.5. The molecule has 0 bridgehead atoms. The molecule has 108 valence electrons. The summed E-state index contributed by atoms with van der Waals surface area (Å²) >= 11 is 0. The first-order valence-corrected chi connectivity index (χ1v) is 6.18. The Bertz CT molecular complexity index is 731. The van der Waals surface area contributed by atoms with E-state index in [0.29, 0.717) is 29.6 Å². The lowest BCUT2D eigenvalue weighted by Crippen LogP contribution is -2.00. The van der Waals surface area contributed by atoms with Gasteiger partial charge in [0.25, 0.3) is 0 Å². The molecule has 0 atom stereocenters. The van der Waals surface area contributed by atoms with Crippen LogP contribution in [0.1, 0.15) is 18.0 Å². The molecule has 21 heavy (non-hydrogen) atoms. The molecule has 0 unspecified atom stereocenters. The van der Waals surface area contributed by atoms with Gasteiger partial charge in [0.05, 0.1) is 18.4 Å². The van der Waals surface area contributed by atoms with Crippen LogP contribution in [-0.4, -0.2) is 36.2 Å². The first kappa shape index (κ1) is 13.0. The summed E-state index contributed by atoms with van der Waals surface area (Å²) in [6, 6.07) is 3.46. The number of carbonyl (C=O) groups is 1. The van der Waals surface area contributed by atoms with Gasteiger partial charge in [-0.25, -0.2) is 4.68 Å². The fourth-order valence-corrected chi connectivity index (χ4v) is 1.73. The lowest BCUT2D eigenvalue weighted by molar-refractivity contribution is -0.136. The Labute approximate surface area is 118 Å². The van der Waals surface area contributed by atoms with E-state index in [2.05, 4.69) is 20.5 Å². The average Bonchev–Trinajstić information content (AvgIpc) is 3.18. The highest BCUT2D eigenvalue weighted by atomic mass is 16.5. The summed E-state index contributed by atoms with van der Waals surface area (Å²) < 4.78 is 11.8. The van der Waals surface area contributed by atoms with Crippen LogP contribution in [0.3, 0.4) is 0 Å². The van der Waals surface area contributed by atoms with Crippen molar-refractivity contribution in [3.63, 3.8) is 0 Å². The SMILES string of the molecule is O=C(O)CCc1cn(Cc2nc(-c3ccco3)no2)nn1. The fraction of sp³-hybridized carbons (Fsp3) is 0.250. The number of furan rings is 1. The number of aryl methyl sites for hydroxylation is 1. The topological polar surface area (TPSA) is 120 Å². The minimum atomic E-state index is -0.871. The lowest BCUT2D eigenvalue weighted by Gasteiger charge is -1.92. The number of aliphatic carboxylic acids is 1. The van der Waals surface area contributed by atoms with E-state index in [1.54, 1.807) is 18.3 Å². The van der Waals surface area contributed by atoms with Crippen molar-refractivity contribution in [2.45, 2.75) is 19.4 Å². The summed E-state index contributed by atoms with van der Waals surface area (Å²) in [6.07, 6.45) is 3.52. The van der Waals surface area contributed by atoms with Crippen LogP contribution >= 0.6 is 0 Å². The second-order valence-corrected chi connectivity index (χ2v) is 4.29. The molecule has 3 rings (SSSR count). The smallest absolute Gasteiger partial charge is 0.303 e. The van der Waals surface area contributed by atoms with Gasteiger partial charge in [-0.3, -0.25) is 4.79 Å². The predicted octanol–water partition coefficient (Wildman–Crippen LogP) is 0.987. The molecular weight excluding hydrogens is 278 g/mol. The molecule has 0 saturated carbocycles. The number of hydrogen-bond donors (Lipinski definition) is 1. The number of rotatable bonds is 6. The summed E-state index contributed by atoms with van der Waals surface area (Å²) in [7, 11) is 0. The summed E-state index contributed by atoms with van der Waals surface area (Å²) in [5, 5.41) is 20.2. The number of aromatic nitrogens is 5. The van der Waals surface area contributed by atoms with Gasteiger partial charge in [-0.15, -0.1) is 5.10 Å². The van der Waals surface area contributed by atoms with Gasteiger partial charge in [-0.1, -0.05) is 10.4 Å². The van der Waals surface area contributed by atoms with Crippen LogP contribution < -0.4 is 0 Å². The zero-order chi connectivity index (χ0) is 14.7. The van der Waals surface area contributed by atoms with Crippen LogP contribution in [0.15, 0.2) is 33.5 Å². The Morgan fingerprint density at radius 3 is 3.10 bits per heavy atom. The van der Waals surface area contributed by atoms with Gasteiger partial charge in [-0.2, -0.15) is 4.98 Å². The molecule has 0 aliphatic carbocycles. The molecular formula is C12H11N5O4. The summed E-state index contributed by atoms with van der Waals surface area (Å²) in [6.45, 7) is 0.258. The highest BCUT2D eigenvalue weighted by Gasteiger charge is 2.12. The van der Waals surface area contributed by atoms with E-state index in [1.807, 2.05) is 0 Å². The van der Waals surface area contributed by atoms with E-state index in [9.17, 15) is 4.79 Å². The molecule has 3 aromatic rings. The molecule has 0 aromatic carbocycles. The Hall–Kier alpha value is -2.97. The zero-order valence-corrected chi connectivity index (χ0v) is 10.8. The monoisotopic (exact) mass is 289 g/mol. The van der Waals surface area contributed by atoms with Crippen molar-refractivity contribution in [1.29, 1.82) is 0 Å². The minimum Gasteiger partial charge on any atom is -0.481 e. The number of carboxylic acid groups (broad SMARTS) is 1. The highest BCUT2D eigenvalue weighted by Crippen LogP contribution is 2.16. The first-order valence-electron chi connectivity index (χ1n) is 6.18. The highest BCUT2D eigenvalue weighted by molar-refractivity contribution is 5.66. The molecule has 9 nitrogen and oxygen atoms in total. The molecule has 0 fully saturated rings. The van der Waals surface area contributed by atoms with E-state index in [-0.39, 0.29) is 13.0 Å². The Morgan fingerprint density at radius 1 is 1.43 bits per heavy atom. The molecule has 3 aromatic heterocycles. The molecule has 0 amide bonds. The van der Waals surface area contributed by atoms with Crippen molar-refractivity contribution in [1.82, 2.24) is 25.1 Å². The van der Waals surface area contributed by atoms with E-state index < -0.39 is 5.97 Å². The van der Waals surface area contributed by atoms with Crippen LogP contribution in [0.4, 0.5) is 0 Å². The summed E-state index contributed by atoms with van der Waals surface area (Å²) in [4.78, 5) is 14.7. The van der Waals surface area contributed by atoms with Gasteiger partial charge in [0.2, 0.25) is 11.7 Å². The number of nitrogens with zero attached hydrogens (tertiary/aromatic N) is 5. The molecule has 9 heteroatoms. The normalized spacial score (nSPS) is 10.9. The molecule has 0 spiro atoms. The standard InChI is InChI=1S/C12H11N5O4/c18-11(19)4-3-8-6-17(16-14-8)7-10-13-12(15-21-10)9-2-1-5-20-9/h1-2,5-6H,3-4,7H2,(H,18,19). The van der Waals surface area contributed by atoms with Crippen molar-refractivity contribution >= 4 is 5.97 Å². The molecule has 0 aliphatic heterocycles. The predicted molar refractivity (Wildman–Crippen MR) is 67.1 cm³/mol. The molecule has 0 saturated heterocycles. The van der Waals surface area contributed by atoms with Crippen molar-refractivity contribution in [3.05, 3.63) is 36.2 Å². The van der Waals surface area contributed by atoms with E-state index in [0.717, 1.165) is 0 Å². The third kappa shape index (κ3) is 3.14.